The molecule has 0 saturated carbocycles. The van der Waals surface area contributed by atoms with Crippen LogP contribution in [-0.4, -0.2) is 54.4 Å². The monoisotopic (exact) mass is 330 g/mol. The van der Waals surface area contributed by atoms with E-state index in [1.807, 2.05) is 0 Å². The van der Waals surface area contributed by atoms with Crippen LogP contribution in [0.4, 0.5) is 4.39 Å². The smallest absolute Gasteiger partial charge is 0.338 e. The SMILES string of the molecule is CCC(=O)N1CCN(S(=O)(=O)c2ccc(C(=O)O)c(F)c2)C1. The summed E-state index contributed by atoms with van der Waals surface area (Å²) in [6.45, 7) is 1.99. The lowest BCUT2D eigenvalue weighted by Crippen LogP contribution is -2.33. The normalized spacial score (nSPS) is 16.0. The van der Waals surface area contributed by atoms with Crippen molar-refractivity contribution in [3.63, 3.8) is 0 Å². The average Bonchev–Trinajstić information content (AvgIpc) is 2.96. The van der Waals surface area contributed by atoms with Crippen LogP contribution in [0.5, 0.6) is 0 Å². The van der Waals surface area contributed by atoms with E-state index in [4.69, 9.17) is 5.11 Å². The number of carboxylic acids is 1. The highest BCUT2D eigenvalue weighted by molar-refractivity contribution is 7.89. The lowest BCUT2D eigenvalue weighted by molar-refractivity contribution is -0.130. The summed E-state index contributed by atoms with van der Waals surface area (Å²) in [6.07, 6.45) is 0.274. The number of rotatable bonds is 4. The summed E-state index contributed by atoms with van der Waals surface area (Å²) in [7, 11) is -3.97. The lowest BCUT2D eigenvalue weighted by Gasteiger charge is -2.18. The molecule has 120 valence electrons. The number of aromatic carboxylic acids is 1. The van der Waals surface area contributed by atoms with Crippen molar-refractivity contribution in [3.05, 3.63) is 29.6 Å². The largest absolute Gasteiger partial charge is 0.478 e. The molecular formula is C13H15FN2O5S. The van der Waals surface area contributed by atoms with Crippen molar-refractivity contribution in [1.29, 1.82) is 0 Å². The summed E-state index contributed by atoms with van der Waals surface area (Å²) >= 11 is 0. The summed E-state index contributed by atoms with van der Waals surface area (Å²) in [5.74, 6) is -2.75. The van der Waals surface area contributed by atoms with Gasteiger partial charge in [0.2, 0.25) is 15.9 Å². The van der Waals surface area contributed by atoms with Gasteiger partial charge in [0.05, 0.1) is 17.1 Å². The molecule has 7 nitrogen and oxygen atoms in total. The third-order valence-corrected chi connectivity index (χ3v) is 5.24. The van der Waals surface area contributed by atoms with Gasteiger partial charge in [-0.15, -0.1) is 0 Å². The van der Waals surface area contributed by atoms with E-state index in [2.05, 4.69) is 0 Å². The highest BCUT2D eigenvalue weighted by Crippen LogP contribution is 2.22. The molecule has 1 saturated heterocycles. The van der Waals surface area contributed by atoms with Crippen LogP contribution in [0.1, 0.15) is 23.7 Å². The molecule has 0 aliphatic carbocycles. The zero-order chi connectivity index (χ0) is 16.5. The number of amides is 1. The van der Waals surface area contributed by atoms with E-state index in [0.29, 0.717) is 6.07 Å². The molecule has 0 aromatic heterocycles. The minimum Gasteiger partial charge on any atom is -0.478 e. The van der Waals surface area contributed by atoms with Gasteiger partial charge in [0.25, 0.3) is 0 Å². The molecule has 1 aromatic rings. The van der Waals surface area contributed by atoms with E-state index in [9.17, 15) is 22.4 Å². The van der Waals surface area contributed by atoms with Gasteiger partial charge in [-0.05, 0) is 18.2 Å². The van der Waals surface area contributed by atoms with Crippen LogP contribution >= 0.6 is 0 Å². The minimum atomic E-state index is -3.97. The quantitative estimate of drug-likeness (QED) is 0.878. The third kappa shape index (κ3) is 2.95. The summed E-state index contributed by atoms with van der Waals surface area (Å²) in [6, 6.07) is 2.64. The van der Waals surface area contributed by atoms with Gasteiger partial charge < -0.3 is 10.0 Å². The molecule has 0 atom stereocenters. The van der Waals surface area contributed by atoms with Crippen LogP contribution < -0.4 is 0 Å². The topological polar surface area (TPSA) is 95.0 Å². The van der Waals surface area contributed by atoms with E-state index in [1.165, 1.54) is 4.90 Å². The predicted molar refractivity (Wildman–Crippen MR) is 74.1 cm³/mol. The zero-order valence-electron chi connectivity index (χ0n) is 11.8. The fourth-order valence-electron chi connectivity index (χ4n) is 2.17. The number of hydrogen-bond acceptors (Lipinski definition) is 4. The van der Waals surface area contributed by atoms with Gasteiger partial charge in [0.1, 0.15) is 5.82 Å². The molecule has 1 aromatic carbocycles. The molecule has 0 unspecified atom stereocenters. The van der Waals surface area contributed by atoms with Crippen LogP contribution in [0.25, 0.3) is 0 Å². The first-order valence-corrected chi connectivity index (χ1v) is 8.02. The molecule has 1 amide bonds. The second kappa shape index (κ2) is 6.01. The summed E-state index contributed by atoms with van der Waals surface area (Å²) in [5, 5.41) is 8.75. The fourth-order valence-corrected chi connectivity index (χ4v) is 3.57. The summed E-state index contributed by atoms with van der Waals surface area (Å²) in [5.41, 5.74) is -0.594. The summed E-state index contributed by atoms with van der Waals surface area (Å²) in [4.78, 5) is 23.4. The molecule has 1 fully saturated rings. The Morgan fingerprint density at radius 1 is 1.32 bits per heavy atom. The van der Waals surface area contributed by atoms with E-state index < -0.39 is 27.4 Å². The molecule has 0 spiro atoms. The van der Waals surface area contributed by atoms with Crippen LogP contribution in [0.3, 0.4) is 0 Å². The third-order valence-electron chi connectivity index (χ3n) is 3.41. The van der Waals surface area contributed by atoms with Crippen molar-refractivity contribution in [3.8, 4) is 0 Å². The Hall–Kier alpha value is -2.00. The maximum absolute atomic E-state index is 13.6. The Labute approximate surface area is 127 Å². The van der Waals surface area contributed by atoms with Crippen molar-refractivity contribution in [2.75, 3.05) is 19.8 Å². The number of carbonyl (C=O) groups is 2. The Balaban J connectivity index is 2.27. The Morgan fingerprint density at radius 2 is 2.00 bits per heavy atom. The van der Waals surface area contributed by atoms with Gasteiger partial charge in [-0.3, -0.25) is 4.79 Å². The lowest BCUT2D eigenvalue weighted by atomic mass is 10.2. The molecule has 22 heavy (non-hydrogen) atoms. The Morgan fingerprint density at radius 3 is 2.55 bits per heavy atom. The number of sulfonamides is 1. The van der Waals surface area contributed by atoms with E-state index in [-0.39, 0.29) is 37.0 Å². The second-order valence-electron chi connectivity index (χ2n) is 4.78. The van der Waals surface area contributed by atoms with Crippen molar-refractivity contribution < 1.29 is 27.5 Å². The van der Waals surface area contributed by atoms with Crippen molar-refractivity contribution >= 4 is 21.9 Å². The standard InChI is InChI=1S/C13H15FN2O5S/c1-2-12(17)15-5-6-16(8-15)22(20,21)9-3-4-10(13(18)19)11(14)7-9/h3-4,7H,2,5-6,8H2,1H3,(H,18,19). The van der Waals surface area contributed by atoms with Gasteiger partial charge >= 0.3 is 5.97 Å². The number of nitrogens with zero attached hydrogens (tertiary/aromatic N) is 2. The van der Waals surface area contributed by atoms with Gasteiger partial charge in [0.15, 0.2) is 0 Å². The molecule has 2 rings (SSSR count). The molecule has 9 heteroatoms. The highest BCUT2D eigenvalue weighted by Gasteiger charge is 2.33. The molecule has 1 N–H and O–H groups in total. The predicted octanol–water partition coefficient (Wildman–Crippen LogP) is 0.724. The van der Waals surface area contributed by atoms with Crippen LogP contribution in [0, 0.1) is 5.82 Å². The fraction of sp³-hybridized carbons (Fsp3) is 0.385. The first-order chi connectivity index (χ1) is 10.3. The van der Waals surface area contributed by atoms with Crippen molar-refractivity contribution in [1.82, 2.24) is 9.21 Å². The summed E-state index contributed by atoms with van der Waals surface area (Å²) < 4.78 is 39.5. The molecule has 1 aliphatic rings. The van der Waals surface area contributed by atoms with E-state index in [0.717, 1.165) is 16.4 Å². The highest BCUT2D eigenvalue weighted by atomic mass is 32.2. The number of benzene rings is 1. The van der Waals surface area contributed by atoms with Crippen molar-refractivity contribution in [2.45, 2.75) is 18.2 Å². The number of halogens is 1. The van der Waals surface area contributed by atoms with E-state index >= 15 is 0 Å². The van der Waals surface area contributed by atoms with Crippen molar-refractivity contribution in [2.24, 2.45) is 0 Å². The first-order valence-electron chi connectivity index (χ1n) is 6.58. The maximum Gasteiger partial charge on any atom is 0.338 e. The Bertz CT molecular complexity index is 719. The number of hydrogen-bond donors (Lipinski definition) is 1. The number of carboxylic acid groups (broad SMARTS) is 1. The van der Waals surface area contributed by atoms with E-state index in [1.54, 1.807) is 6.92 Å². The van der Waals surface area contributed by atoms with Gasteiger partial charge in [-0.25, -0.2) is 17.6 Å². The molecule has 1 aliphatic heterocycles. The van der Waals surface area contributed by atoms with Gasteiger partial charge in [0, 0.05) is 19.5 Å². The first kappa shape index (κ1) is 16.4. The second-order valence-corrected chi connectivity index (χ2v) is 6.72. The van der Waals surface area contributed by atoms with Crippen LogP contribution in [-0.2, 0) is 14.8 Å². The van der Waals surface area contributed by atoms with Gasteiger partial charge in [-0.2, -0.15) is 4.31 Å². The van der Waals surface area contributed by atoms with Gasteiger partial charge in [-0.1, -0.05) is 6.92 Å². The molecular weight excluding hydrogens is 315 g/mol. The molecule has 1 heterocycles. The molecule has 0 radical (unpaired) electrons. The minimum absolute atomic E-state index is 0.0860. The number of carbonyl (C=O) groups excluding carboxylic acids is 1. The molecule has 0 bridgehead atoms. The maximum atomic E-state index is 13.6. The Kier molecular flexibility index (Phi) is 4.47. The van der Waals surface area contributed by atoms with Crippen LogP contribution in [0.2, 0.25) is 0 Å². The average molecular weight is 330 g/mol. The zero-order valence-corrected chi connectivity index (χ0v) is 12.6. The van der Waals surface area contributed by atoms with Crippen LogP contribution in [0.15, 0.2) is 23.1 Å².